The van der Waals surface area contributed by atoms with Gasteiger partial charge in [0.05, 0.1) is 30.9 Å². The van der Waals surface area contributed by atoms with Crippen LogP contribution in [-0.2, 0) is 4.79 Å². The van der Waals surface area contributed by atoms with Gasteiger partial charge >= 0.3 is 0 Å². The molecule has 0 bridgehead atoms. The van der Waals surface area contributed by atoms with Crippen molar-refractivity contribution in [1.29, 1.82) is 5.26 Å². The highest BCUT2D eigenvalue weighted by molar-refractivity contribution is 5.78. The van der Waals surface area contributed by atoms with Gasteiger partial charge in [0.25, 0.3) is 5.91 Å². The molecule has 0 spiro atoms. The summed E-state index contributed by atoms with van der Waals surface area (Å²) in [7, 11) is 0. The summed E-state index contributed by atoms with van der Waals surface area (Å²) in [4.78, 5) is 12.2. The molecule has 1 unspecified atom stereocenters. The Kier molecular flexibility index (Phi) is 7.50. The van der Waals surface area contributed by atoms with Crippen molar-refractivity contribution in [2.24, 2.45) is 0 Å². The van der Waals surface area contributed by atoms with E-state index in [1.165, 1.54) is 0 Å². The second-order valence-electron chi connectivity index (χ2n) is 5.79. The molecule has 0 fully saturated rings. The van der Waals surface area contributed by atoms with Gasteiger partial charge in [0, 0.05) is 6.07 Å². The molecule has 27 heavy (non-hydrogen) atoms. The molecule has 1 atom stereocenters. The molecule has 0 radical (unpaired) electrons. The van der Waals surface area contributed by atoms with Gasteiger partial charge in [-0.15, -0.1) is 0 Å². The average molecular weight is 368 g/mol. The summed E-state index contributed by atoms with van der Waals surface area (Å²) in [6.07, 6.45) is 0. The number of nitrogens with zero attached hydrogens (tertiary/aromatic N) is 1. The van der Waals surface area contributed by atoms with Gasteiger partial charge in [-0.2, -0.15) is 5.26 Å². The van der Waals surface area contributed by atoms with Crippen molar-refractivity contribution < 1.29 is 19.0 Å². The molecule has 6 nitrogen and oxygen atoms in total. The van der Waals surface area contributed by atoms with Gasteiger partial charge in [0.15, 0.2) is 18.1 Å². The molecule has 1 N–H and O–H groups in total. The average Bonchev–Trinajstić information content (AvgIpc) is 2.68. The van der Waals surface area contributed by atoms with Crippen LogP contribution in [0.15, 0.2) is 42.5 Å². The molecule has 2 aromatic carbocycles. The van der Waals surface area contributed by atoms with Gasteiger partial charge in [0.1, 0.15) is 5.75 Å². The van der Waals surface area contributed by atoms with Crippen LogP contribution in [0.3, 0.4) is 0 Å². The van der Waals surface area contributed by atoms with E-state index in [0.29, 0.717) is 30.3 Å². The zero-order valence-corrected chi connectivity index (χ0v) is 15.8. The smallest absolute Gasteiger partial charge is 0.258 e. The minimum Gasteiger partial charge on any atom is -0.494 e. The Labute approximate surface area is 159 Å². The van der Waals surface area contributed by atoms with E-state index in [1.54, 1.807) is 18.2 Å². The Morgan fingerprint density at radius 2 is 1.74 bits per heavy atom. The summed E-state index contributed by atoms with van der Waals surface area (Å²) in [6.45, 7) is 6.58. The molecule has 0 saturated carbocycles. The molecular weight excluding hydrogens is 344 g/mol. The van der Waals surface area contributed by atoms with E-state index in [1.807, 2.05) is 45.0 Å². The maximum Gasteiger partial charge on any atom is 0.258 e. The molecule has 0 aromatic heterocycles. The molecule has 1 amide bonds. The van der Waals surface area contributed by atoms with Crippen LogP contribution < -0.4 is 19.5 Å². The minimum atomic E-state index is -0.247. The van der Waals surface area contributed by atoms with E-state index < -0.39 is 0 Å². The van der Waals surface area contributed by atoms with E-state index in [9.17, 15) is 4.79 Å². The molecule has 2 rings (SSSR count). The van der Waals surface area contributed by atoms with Crippen molar-refractivity contribution in [1.82, 2.24) is 5.32 Å². The van der Waals surface area contributed by atoms with Crippen LogP contribution in [0.5, 0.6) is 17.2 Å². The zero-order valence-electron chi connectivity index (χ0n) is 15.8. The predicted molar refractivity (Wildman–Crippen MR) is 102 cm³/mol. The summed E-state index contributed by atoms with van der Waals surface area (Å²) in [5.41, 5.74) is 1.44. The van der Waals surface area contributed by atoms with Crippen LogP contribution in [0.25, 0.3) is 0 Å². The lowest BCUT2D eigenvalue weighted by Crippen LogP contribution is -2.31. The predicted octanol–water partition coefficient (Wildman–Crippen LogP) is 3.61. The van der Waals surface area contributed by atoms with Crippen LogP contribution >= 0.6 is 0 Å². The third-order valence-corrected chi connectivity index (χ3v) is 3.80. The van der Waals surface area contributed by atoms with Crippen LogP contribution in [0.1, 0.15) is 37.9 Å². The molecular formula is C21H24N2O4. The molecule has 0 aliphatic carbocycles. The number of rotatable bonds is 9. The highest BCUT2D eigenvalue weighted by Crippen LogP contribution is 2.28. The first-order valence-corrected chi connectivity index (χ1v) is 8.89. The number of hydrogen-bond acceptors (Lipinski definition) is 5. The van der Waals surface area contributed by atoms with Gasteiger partial charge in [-0.1, -0.05) is 12.1 Å². The first kappa shape index (κ1) is 20.1. The Hall–Kier alpha value is -3.20. The Morgan fingerprint density at radius 3 is 2.37 bits per heavy atom. The largest absolute Gasteiger partial charge is 0.494 e. The standard InChI is InChI=1S/C21H24N2O4/c1-4-25-18-9-7-17(8-10-18)15(3)23-21(24)14-27-19-11-6-16(13-22)12-20(19)26-5-2/h6-12,15H,4-5,14H2,1-3H3,(H,23,24). The van der Waals surface area contributed by atoms with Crippen LogP contribution in [0.2, 0.25) is 0 Å². The lowest BCUT2D eigenvalue weighted by atomic mass is 10.1. The number of nitriles is 1. The highest BCUT2D eigenvalue weighted by Gasteiger charge is 2.12. The Morgan fingerprint density at radius 1 is 1.04 bits per heavy atom. The van der Waals surface area contributed by atoms with Crippen molar-refractivity contribution in [3.8, 4) is 23.3 Å². The monoisotopic (exact) mass is 368 g/mol. The Balaban J connectivity index is 1.93. The number of benzene rings is 2. The fourth-order valence-corrected chi connectivity index (χ4v) is 2.49. The van der Waals surface area contributed by atoms with E-state index in [0.717, 1.165) is 11.3 Å². The number of carbonyl (C=O) groups excluding carboxylic acids is 1. The molecule has 0 heterocycles. The highest BCUT2D eigenvalue weighted by atomic mass is 16.5. The van der Waals surface area contributed by atoms with Gasteiger partial charge in [0.2, 0.25) is 0 Å². The van der Waals surface area contributed by atoms with Gasteiger partial charge < -0.3 is 19.5 Å². The molecule has 6 heteroatoms. The number of amides is 1. The maximum atomic E-state index is 12.2. The zero-order chi connectivity index (χ0) is 19.6. The summed E-state index contributed by atoms with van der Waals surface area (Å²) in [5.74, 6) is 1.43. The summed E-state index contributed by atoms with van der Waals surface area (Å²) in [5, 5.41) is 11.9. The first-order valence-electron chi connectivity index (χ1n) is 8.89. The molecule has 0 aliphatic heterocycles. The first-order chi connectivity index (χ1) is 13.1. The third-order valence-electron chi connectivity index (χ3n) is 3.80. The van der Waals surface area contributed by atoms with Crippen molar-refractivity contribution in [3.63, 3.8) is 0 Å². The minimum absolute atomic E-state index is 0.145. The third kappa shape index (κ3) is 5.93. The van der Waals surface area contributed by atoms with Crippen LogP contribution in [-0.4, -0.2) is 25.7 Å². The summed E-state index contributed by atoms with van der Waals surface area (Å²) >= 11 is 0. The van der Waals surface area contributed by atoms with Crippen molar-refractivity contribution >= 4 is 5.91 Å². The molecule has 2 aromatic rings. The Bertz CT molecular complexity index is 797. The number of nitrogens with one attached hydrogen (secondary N) is 1. The number of hydrogen-bond donors (Lipinski definition) is 1. The topological polar surface area (TPSA) is 80.6 Å². The van der Waals surface area contributed by atoms with Crippen molar-refractivity contribution in [2.75, 3.05) is 19.8 Å². The second-order valence-corrected chi connectivity index (χ2v) is 5.79. The SMILES string of the molecule is CCOc1ccc(C(C)NC(=O)COc2ccc(C#N)cc2OCC)cc1. The molecule has 142 valence electrons. The van der Waals surface area contributed by atoms with Crippen molar-refractivity contribution in [2.45, 2.75) is 26.8 Å². The van der Waals surface area contributed by atoms with E-state index >= 15 is 0 Å². The lowest BCUT2D eigenvalue weighted by Gasteiger charge is -2.16. The van der Waals surface area contributed by atoms with Gasteiger partial charge in [-0.3, -0.25) is 4.79 Å². The van der Waals surface area contributed by atoms with Gasteiger partial charge in [-0.05, 0) is 50.6 Å². The van der Waals surface area contributed by atoms with Crippen molar-refractivity contribution in [3.05, 3.63) is 53.6 Å². The fraction of sp³-hybridized carbons (Fsp3) is 0.333. The maximum absolute atomic E-state index is 12.2. The van der Waals surface area contributed by atoms with Crippen LogP contribution in [0.4, 0.5) is 0 Å². The number of carbonyl (C=O) groups is 1. The van der Waals surface area contributed by atoms with E-state index in [4.69, 9.17) is 19.5 Å². The quantitative estimate of drug-likeness (QED) is 0.731. The molecule has 0 aliphatic rings. The van der Waals surface area contributed by atoms with Gasteiger partial charge in [-0.25, -0.2) is 0 Å². The van der Waals surface area contributed by atoms with E-state index in [-0.39, 0.29) is 18.6 Å². The normalized spacial score (nSPS) is 11.2. The van der Waals surface area contributed by atoms with Crippen LogP contribution in [0, 0.1) is 11.3 Å². The lowest BCUT2D eigenvalue weighted by molar-refractivity contribution is -0.123. The summed E-state index contributed by atoms with van der Waals surface area (Å²) in [6, 6.07) is 14.3. The summed E-state index contributed by atoms with van der Waals surface area (Å²) < 4.78 is 16.5. The number of ether oxygens (including phenoxy) is 3. The fourth-order valence-electron chi connectivity index (χ4n) is 2.49. The molecule has 0 saturated heterocycles. The second kappa shape index (κ2) is 10.1. The van der Waals surface area contributed by atoms with E-state index in [2.05, 4.69) is 11.4 Å².